The first-order valence-electron chi connectivity index (χ1n) is 11.6. The van der Waals surface area contributed by atoms with Gasteiger partial charge in [-0.15, -0.1) is 5.10 Å². The second kappa shape index (κ2) is 7.41. The fraction of sp³-hybridized carbons (Fsp3) is 0.292. The number of carbonyl (C=O) groups is 1. The molecule has 10 heteroatoms. The molecule has 2 aliphatic carbocycles. The van der Waals surface area contributed by atoms with Crippen LogP contribution in [0, 0.1) is 5.92 Å². The molecular formula is C24H23N9O. The molecule has 3 N–H and O–H groups in total. The van der Waals surface area contributed by atoms with Crippen molar-refractivity contribution in [2.24, 2.45) is 5.92 Å². The van der Waals surface area contributed by atoms with Crippen molar-refractivity contribution in [2.45, 2.75) is 38.1 Å². The van der Waals surface area contributed by atoms with E-state index in [1.165, 1.54) is 18.4 Å². The van der Waals surface area contributed by atoms with Crippen LogP contribution in [0.1, 0.15) is 37.2 Å². The molecule has 3 aromatic heterocycles. The van der Waals surface area contributed by atoms with E-state index in [0.29, 0.717) is 29.0 Å². The Balaban J connectivity index is 1.38. The number of carbonyl (C=O) groups excluding carboxylic acids is 1. The first-order valence-corrected chi connectivity index (χ1v) is 11.6. The van der Waals surface area contributed by atoms with Crippen molar-refractivity contribution in [3.63, 3.8) is 0 Å². The Morgan fingerprint density at radius 1 is 1.12 bits per heavy atom. The molecule has 170 valence electrons. The molecule has 4 heterocycles. The predicted octanol–water partition coefficient (Wildman–Crippen LogP) is 2.87. The number of benzene rings is 1. The van der Waals surface area contributed by atoms with E-state index >= 15 is 0 Å². The molecule has 0 spiro atoms. The lowest BCUT2D eigenvalue weighted by atomic mass is 10.1. The summed E-state index contributed by atoms with van der Waals surface area (Å²) in [6.07, 6.45) is 13.5. The molecule has 34 heavy (non-hydrogen) atoms. The Hall–Kier alpha value is -4.21. The largest absolute Gasteiger partial charge is 0.364 e. The first-order chi connectivity index (χ1) is 16.7. The van der Waals surface area contributed by atoms with Crippen molar-refractivity contribution < 1.29 is 4.79 Å². The Labute approximate surface area is 194 Å². The van der Waals surface area contributed by atoms with Crippen molar-refractivity contribution >= 4 is 28.4 Å². The molecule has 7 rings (SSSR count). The minimum atomic E-state index is -0.270. The maximum atomic E-state index is 12.5. The Bertz CT molecular complexity index is 1500. The highest BCUT2D eigenvalue weighted by atomic mass is 16.2. The summed E-state index contributed by atoms with van der Waals surface area (Å²) in [7, 11) is 0. The zero-order chi connectivity index (χ0) is 22.6. The second-order valence-electron chi connectivity index (χ2n) is 9.17. The lowest BCUT2D eigenvalue weighted by Crippen LogP contribution is -2.24. The highest BCUT2D eigenvalue weighted by Gasteiger charge is 2.28. The number of hydrogen-bond donors (Lipinski definition) is 3. The molecule has 0 bridgehead atoms. The Morgan fingerprint density at radius 2 is 2.03 bits per heavy atom. The average Bonchev–Trinajstić information content (AvgIpc) is 3.76. The third-order valence-corrected chi connectivity index (χ3v) is 6.50. The van der Waals surface area contributed by atoms with Crippen LogP contribution in [-0.2, 0) is 11.3 Å². The number of rotatable bonds is 6. The molecule has 0 atom stereocenters. The summed E-state index contributed by atoms with van der Waals surface area (Å²) >= 11 is 0. The molecular weight excluding hydrogens is 430 g/mol. The third kappa shape index (κ3) is 3.38. The minimum absolute atomic E-state index is 0.270. The molecule has 2 fully saturated rings. The van der Waals surface area contributed by atoms with E-state index in [1.807, 2.05) is 23.1 Å². The summed E-state index contributed by atoms with van der Waals surface area (Å²) in [4.78, 5) is 22.4. The smallest absolute Gasteiger partial charge is 0.273 e. The molecule has 1 amide bonds. The van der Waals surface area contributed by atoms with Crippen LogP contribution >= 0.6 is 0 Å². The third-order valence-electron chi connectivity index (χ3n) is 6.50. The number of anilines is 1. The monoisotopic (exact) mass is 453 g/mol. The van der Waals surface area contributed by atoms with Crippen molar-refractivity contribution in [3.05, 3.63) is 60.5 Å². The zero-order valence-corrected chi connectivity index (χ0v) is 18.4. The van der Waals surface area contributed by atoms with Crippen LogP contribution in [0.4, 0.5) is 5.95 Å². The predicted molar refractivity (Wildman–Crippen MR) is 126 cm³/mol. The molecule has 0 saturated heterocycles. The van der Waals surface area contributed by atoms with E-state index in [2.05, 4.69) is 33.2 Å². The van der Waals surface area contributed by atoms with Crippen molar-refractivity contribution in [1.29, 1.82) is 0 Å². The van der Waals surface area contributed by atoms with Gasteiger partial charge in [-0.2, -0.15) is 9.61 Å². The minimum Gasteiger partial charge on any atom is -0.364 e. The standard InChI is InChI=1S/C24H23N9O/c34-23-19(11-25-8-9-26-23)28-24-29-20-17(15-6-7-15)2-1-3-18(20)22-30-21(31-33(22)24)16-10-27-32(13-16)12-14-4-5-14/h1-3,8-11,13-15,25H,4-7,12H2,(H,26,34)(H,28,29). The fourth-order valence-corrected chi connectivity index (χ4v) is 4.38. The van der Waals surface area contributed by atoms with Crippen LogP contribution in [0.2, 0.25) is 0 Å². The van der Waals surface area contributed by atoms with E-state index in [4.69, 9.17) is 15.1 Å². The van der Waals surface area contributed by atoms with Crippen molar-refractivity contribution in [2.75, 3.05) is 5.32 Å². The average molecular weight is 454 g/mol. The van der Waals surface area contributed by atoms with Gasteiger partial charge in [0.25, 0.3) is 5.91 Å². The molecule has 10 nitrogen and oxygen atoms in total. The Kier molecular flexibility index (Phi) is 4.20. The van der Waals surface area contributed by atoms with Gasteiger partial charge in [0, 0.05) is 36.7 Å². The van der Waals surface area contributed by atoms with E-state index in [-0.39, 0.29) is 5.91 Å². The van der Waals surface area contributed by atoms with Gasteiger partial charge in [-0.05, 0) is 49.1 Å². The van der Waals surface area contributed by atoms with Gasteiger partial charge < -0.3 is 16.0 Å². The second-order valence-corrected chi connectivity index (χ2v) is 9.17. The first kappa shape index (κ1) is 19.3. The van der Waals surface area contributed by atoms with Gasteiger partial charge in [0.05, 0.1) is 17.3 Å². The van der Waals surface area contributed by atoms with Crippen LogP contribution in [-0.4, -0.2) is 35.3 Å². The van der Waals surface area contributed by atoms with E-state index < -0.39 is 0 Å². The topological polar surface area (TPSA) is 114 Å². The van der Waals surface area contributed by atoms with Crippen LogP contribution in [0.25, 0.3) is 27.9 Å². The van der Waals surface area contributed by atoms with Gasteiger partial charge in [0.15, 0.2) is 11.5 Å². The molecule has 1 aromatic carbocycles. The molecule has 3 aliphatic rings. The normalized spacial score (nSPS) is 18.0. The van der Waals surface area contributed by atoms with Crippen molar-refractivity contribution in [1.82, 2.24) is 40.0 Å². The number of nitrogens with zero attached hydrogens (tertiary/aromatic N) is 6. The van der Waals surface area contributed by atoms with Crippen LogP contribution in [0.15, 0.2) is 54.9 Å². The maximum absolute atomic E-state index is 12.5. The molecule has 2 saturated carbocycles. The summed E-state index contributed by atoms with van der Waals surface area (Å²) in [5, 5.41) is 19.1. The maximum Gasteiger partial charge on any atom is 0.273 e. The summed E-state index contributed by atoms with van der Waals surface area (Å²) in [6, 6.07) is 6.23. The number of amides is 1. The van der Waals surface area contributed by atoms with Crippen LogP contribution in [0.5, 0.6) is 0 Å². The number of nitrogens with one attached hydrogen (secondary N) is 3. The quantitative estimate of drug-likeness (QED) is 0.411. The summed E-state index contributed by atoms with van der Waals surface area (Å²) < 4.78 is 3.65. The van der Waals surface area contributed by atoms with E-state index in [1.54, 1.807) is 23.1 Å². The summed E-state index contributed by atoms with van der Waals surface area (Å²) in [5.74, 6) is 1.99. The highest BCUT2D eigenvalue weighted by molar-refractivity contribution is 5.98. The zero-order valence-electron chi connectivity index (χ0n) is 18.4. The molecule has 4 aromatic rings. The number of aromatic nitrogens is 6. The van der Waals surface area contributed by atoms with Crippen LogP contribution in [0.3, 0.4) is 0 Å². The van der Waals surface area contributed by atoms with Gasteiger partial charge in [0.2, 0.25) is 5.95 Å². The number of hydrogen-bond acceptors (Lipinski definition) is 7. The fourth-order valence-electron chi connectivity index (χ4n) is 4.38. The van der Waals surface area contributed by atoms with Gasteiger partial charge in [-0.25, -0.2) is 9.97 Å². The Morgan fingerprint density at radius 3 is 2.88 bits per heavy atom. The SMILES string of the molecule is O=C1NC=CNC=C1Nc1nc2c(C3CC3)cccc2c2nc(-c3cnn(CC4CC4)c3)nn12. The van der Waals surface area contributed by atoms with Crippen molar-refractivity contribution in [3.8, 4) is 11.4 Å². The number of para-hydroxylation sites is 1. The molecule has 0 radical (unpaired) electrons. The van der Waals surface area contributed by atoms with Crippen LogP contribution < -0.4 is 16.0 Å². The number of fused-ring (bicyclic) bond motifs is 3. The van der Waals surface area contributed by atoms with Gasteiger partial charge in [-0.3, -0.25) is 9.48 Å². The lowest BCUT2D eigenvalue weighted by molar-refractivity contribution is -0.116. The van der Waals surface area contributed by atoms with Gasteiger partial charge in [0.1, 0.15) is 5.70 Å². The summed E-state index contributed by atoms with van der Waals surface area (Å²) in [5.41, 5.74) is 3.99. The lowest BCUT2D eigenvalue weighted by Gasteiger charge is -2.12. The summed E-state index contributed by atoms with van der Waals surface area (Å²) in [6.45, 7) is 0.930. The molecule has 1 aliphatic heterocycles. The van der Waals surface area contributed by atoms with E-state index in [0.717, 1.165) is 41.8 Å². The van der Waals surface area contributed by atoms with E-state index in [9.17, 15) is 4.79 Å². The highest BCUT2D eigenvalue weighted by Crippen LogP contribution is 2.43. The van der Waals surface area contributed by atoms with Gasteiger partial charge in [-0.1, -0.05) is 12.1 Å². The molecule has 0 unspecified atom stereocenters. The van der Waals surface area contributed by atoms with Gasteiger partial charge >= 0.3 is 0 Å².